The Hall–Kier alpha value is -1.30. The van der Waals surface area contributed by atoms with Crippen molar-refractivity contribution < 1.29 is 9.53 Å². The predicted octanol–water partition coefficient (Wildman–Crippen LogP) is 1.40. The summed E-state index contributed by atoms with van der Waals surface area (Å²) in [6.07, 6.45) is 0.0527. The van der Waals surface area contributed by atoms with E-state index in [0.29, 0.717) is 19.6 Å². The van der Waals surface area contributed by atoms with E-state index < -0.39 is 0 Å². The number of hydrogen-bond donors (Lipinski definition) is 1. The number of ketones is 1. The number of ether oxygens (including phenoxy) is 1. The fourth-order valence-electron chi connectivity index (χ4n) is 2.03. The van der Waals surface area contributed by atoms with Crippen LogP contribution in [0.4, 0.5) is 0 Å². The second-order valence-electron chi connectivity index (χ2n) is 4.28. The maximum Gasteiger partial charge on any atom is 0.169 e. The van der Waals surface area contributed by atoms with Crippen LogP contribution in [0.15, 0.2) is 24.3 Å². The summed E-state index contributed by atoms with van der Waals surface area (Å²) in [7, 11) is 0. The number of carbonyl (C=O) groups excluding carboxylic acids is 1. The van der Waals surface area contributed by atoms with Gasteiger partial charge in [-0.1, -0.05) is 12.1 Å². The molecule has 5 heteroatoms. The minimum absolute atomic E-state index is 0.112. The summed E-state index contributed by atoms with van der Waals surface area (Å²) in [6.45, 7) is 2.05. The van der Waals surface area contributed by atoms with Crippen LogP contribution in [0.1, 0.15) is 5.01 Å². The van der Waals surface area contributed by atoms with Gasteiger partial charge in [0.05, 0.1) is 23.2 Å². The van der Waals surface area contributed by atoms with Crippen molar-refractivity contribution in [1.82, 2.24) is 10.3 Å². The Morgan fingerprint density at radius 2 is 2.39 bits per heavy atom. The second-order valence-corrected chi connectivity index (χ2v) is 5.40. The molecule has 0 amide bonds. The zero-order valence-electron chi connectivity index (χ0n) is 9.89. The molecule has 1 aliphatic rings. The highest BCUT2D eigenvalue weighted by molar-refractivity contribution is 7.18. The third kappa shape index (κ3) is 2.43. The van der Waals surface area contributed by atoms with Gasteiger partial charge in [0.2, 0.25) is 0 Å². The third-order valence-electron chi connectivity index (χ3n) is 2.95. The molecule has 0 bridgehead atoms. The van der Waals surface area contributed by atoms with Gasteiger partial charge in [-0.05, 0) is 12.1 Å². The van der Waals surface area contributed by atoms with Crippen molar-refractivity contribution in [2.24, 2.45) is 0 Å². The van der Waals surface area contributed by atoms with Gasteiger partial charge in [0, 0.05) is 13.1 Å². The smallest absolute Gasteiger partial charge is 0.169 e. The lowest BCUT2D eigenvalue weighted by Gasteiger charge is -2.21. The van der Waals surface area contributed by atoms with E-state index in [4.69, 9.17) is 4.74 Å². The van der Waals surface area contributed by atoms with Crippen LogP contribution < -0.4 is 5.32 Å². The standard InChI is InChI=1S/C13H14N2O2S/c16-10(11-8-14-5-6-17-11)7-13-15-9-3-1-2-4-12(9)18-13/h1-4,11,14H,5-8H2. The minimum atomic E-state index is -0.314. The van der Waals surface area contributed by atoms with Crippen LogP contribution in [0.2, 0.25) is 0 Å². The summed E-state index contributed by atoms with van der Waals surface area (Å²) < 4.78 is 6.58. The van der Waals surface area contributed by atoms with Crippen LogP contribution in [0, 0.1) is 0 Å². The van der Waals surface area contributed by atoms with Gasteiger partial charge in [0.15, 0.2) is 5.78 Å². The van der Waals surface area contributed by atoms with Gasteiger partial charge in [-0.2, -0.15) is 0 Å². The molecule has 2 heterocycles. The lowest BCUT2D eigenvalue weighted by atomic mass is 10.1. The van der Waals surface area contributed by atoms with E-state index in [0.717, 1.165) is 21.8 Å². The topological polar surface area (TPSA) is 51.2 Å². The van der Waals surface area contributed by atoms with Crippen molar-refractivity contribution in [1.29, 1.82) is 0 Å². The molecule has 1 atom stereocenters. The van der Waals surface area contributed by atoms with Crippen molar-refractivity contribution in [2.75, 3.05) is 19.7 Å². The molecule has 1 aromatic heterocycles. The Kier molecular flexibility index (Phi) is 3.36. The molecular formula is C13H14N2O2S. The molecule has 2 aromatic rings. The van der Waals surface area contributed by atoms with E-state index in [1.54, 1.807) is 11.3 Å². The number of para-hydroxylation sites is 1. The van der Waals surface area contributed by atoms with Crippen LogP contribution in [-0.4, -0.2) is 36.6 Å². The molecule has 4 nitrogen and oxygen atoms in total. The van der Waals surface area contributed by atoms with Crippen molar-refractivity contribution in [3.8, 4) is 0 Å². The average Bonchev–Trinajstić information content (AvgIpc) is 2.82. The summed E-state index contributed by atoms with van der Waals surface area (Å²) in [5.41, 5.74) is 0.966. The number of nitrogens with one attached hydrogen (secondary N) is 1. The number of nitrogens with zero attached hydrogens (tertiary/aromatic N) is 1. The van der Waals surface area contributed by atoms with Gasteiger partial charge >= 0.3 is 0 Å². The Morgan fingerprint density at radius 1 is 1.50 bits per heavy atom. The Morgan fingerprint density at radius 3 is 3.17 bits per heavy atom. The van der Waals surface area contributed by atoms with Crippen molar-refractivity contribution in [2.45, 2.75) is 12.5 Å². The summed E-state index contributed by atoms with van der Waals surface area (Å²) in [4.78, 5) is 16.5. The van der Waals surface area contributed by atoms with Crippen molar-refractivity contribution >= 4 is 27.3 Å². The molecule has 1 aliphatic heterocycles. The maximum atomic E-state index is 12.0. The van der Waals surface area contributed by atoms with Gasteiger partial charge in [-0.3, -0.25) is 4.79 Å². The van der Waals surface area contributed by atoms with Crippen molar-refractivity contribution in [3.05, 3.63) is 29.3 Å². The number of morpholine rings is 1. The SMILES string of the molecule is O=C(Cc1nc2ccccc2s1)C1CNCCO1. The van der Waals surface area contributed by atoms with Gasteiger partial charge in [0.25, 0.3) is 0 Å². The summed E-state index contributed by atoms with van der Waals surface area (Å²) in [5.74, 6) is 0.112. The Balaban J connectivity index is 1.73. The summed E-state index contributed by atoms with van der Waals surface area (Å²) in [6, 6.07) is 7.94. The fourth-order valence-corrected chi connectivity index (χ4v) is 3.01. The fraction of sp³-hybridized carbons (Fsp3) is 0.385. The number of fused-ring (bicyclic) bond motifs is 1. The number of rotatable bonds is 3. The highest BCUT2D eigenvalue weighted by Crippen LogP contribution is 2.22. The summed E-state index contributed by atoms with van der Waals surface area (Å²) in [5, 5.41) is 4.04. The van der Waals surface area contributed by atoms with Gasteiger partial charge < -0.3 is 10.1 Å². The number of carbonyl (C=O) groups is 1. The van der Waals surface area contributed by atoms with E-state index in [2.05, 4.69) is 10.3 Å². The molecule has 1 N–H and O–H groups in total. The highest BCUT2D eigenvalue weighted by Gasteiger charge is 2.22. The van der Waals surface area contributed by atoms with Crippen LogP contribution in [-0.2, 0) is 16.0 Å². The molecule has 0 spiro atoms. The first kappa shape index (κ1) is 11.8. The number of benzene rings is 1. The molecule has 18 heavy (non-hydrogen) atoms. The molecule has 0 saturated carbocycles. The van der Waals surface area contributed by atoms with E-state index in [1.165, 1.54) is 0 Å². The summed E-state index contributed by atoms with van der Waals surface area (Å²) >= 11 is 1.58. The molecule has 94 valence electrons. The molecule has 0 aliphatic carbocycles. The Labute approximate surface area is 109 Å². The first-order valence-corrected chi connectivity index (χ1v) is 6.84. The number of Topliss-reactive ketones (excluding diaryl/α,β-unsaturated/α-hetero) is 1. The lowest BCUT2D eigenvalue weighted by molar-refractivity contribution is -0.131. The molecule has 3 rings (SSSR count). The number of aromatic nitrogens is 1. The largest absolute Gasteiger partial charge is 0.368 e. The van der Waals surface area contributed by atoms with Crippen LogP contribution in [0.5, 0.6) is 0 Å². The Bertz CT molecular complexity index is 528. The highest BCUT2D eigenvalue weighted by atomic mass is 32.1. The monoisotopic (exact) mass is 262 g/mol. The molecule has 0 radical (unpaired) electrons. The van der Waals surface area contributed by atoms with Crippen LogP contribution in [0.3, 0.4) is 0 Å². The lowest BCUT2D eigenvalue weighted by Crippen LogP contribution is -2.43. The molecule has 1 fully saturated rings. The van der Waals surface area contributed by atoms with Gasteiger partial charge in [0.1, 0.15) is 11.1 Å². The van der Waals surface area contributed by atoms with E-state index in [1.807, 2.05) is 24.3 Å². The van der Waals surface area contributed by atoms with Gasteiger partial charge in [-0.15, -0.1) is 11.3 Å². The zero-order valence-corrected chi connectivity index (χ0v) is 10.7. The third-order valence-corrected chi connectivity index (χ3v) is 3.99. The average molecular weight is 262 g/mol. The molecule has 1 unspecified atom stereocenters. The number of hydrogen-bond acceptors (Lipinski definition) is 5. The van der Waals surface area contributed by atoms with E-state index in [-0.39, 0.29) is 11.9 Å². The zero-order chi connectivity index (χ0) is 12.4. The second kappa shape index (κ2) is 5.14. The first-order chi connectivity index (χ1) is 8.83. The predicted molar refractivity (Wildman–Crippen MR) is 70.9 cm³/mol. The van der Waals surface area contributed by atoms with Crippen LogP contribution in [0.25, 0.3) is 10.2 Å². The number of thiazole rings is 1. The quantitative estimate of drug-likeness (QED) is 0.908. The molecule has 1 saturated heterocycles. The van der Waals surface area contributed by atoms with E-state index in [9.17, 15) is 4.79 Å². The normalized spacial score (nSPS) is 20.1. The first-order valence-electron chi connectivity index (χ1n) is 6.02. The van der Waals surface area contributed by atoms with Crippen molar-refractivity contribution in [3.63, 3.8) is 0 Å². The molecular weight excluding hydrogens is 248 g/mol. The minimum Gasteiger partial charge on any atom is -0.368 e. The van der Waals surface area contributed by atoms with Gasteiger partial charge in [-0.25, -0.2) is 4.98 Å². The molecule has 1 aromatic carbocycles. The van der Waals surface area contributed by atoms with Crippen LogP contribution >= 0.6 is 11.3 Å². The maximum absolute atomic E-state index is 12.0. The van der Waals surface area contributed by atoms with E-state index >= 15 is 0 Å².